The van der Waals surface area contributed by atoms with Gasteiger partial charge in [0.15, 0.2) is 11.5 Å². The molecule has 0 radical (unpaired) electrons. The minimum atomic E-state index is -0.0619. The summed E-state index contributed by atoms with van der Waals surface area (Å²) in [4.78, 5) is 14.1. The van der Waals surface area contributed by atoms with Gasteiger partial charge in [0.1, 0.15) is 13.2 Å². The lowest BCUT2D eigenvalue weighted by atomic mass is 10.1. The van der Waals surface area contributed by atoms with Crippen LogP contribution in [0.2, 0.25) is 0 Å². The van der Waals surface area contributed by atoms with Gasteiger partial charge in [0.2, 0.25) is 0 Å². The summed E-state index contributed by atoms with van der Waals surface area (Å²) in [6.45, 7) is 1.56. The summed E-state index contributed by atoms with van der Waals surface area (Å²) >= 11 is 0. The number of ether oxygens (including phenoxy) is 2. The van der Waals surface area contributed by atoms with Crippen LogP contribution in [0.4, 0.5) is 0 Å². The first-order valence-corrected chi connectivity index (χ1v) is 6.77. The number of carbonyl (C=O) groups is 1. The Morgan fingerprint density at radius 3 is 2.76 bits per heavy atom. The maximum Gasteiger partial charge on any atom is 0.254 e. The van der Waals surface area contributed by atoms with Crippen molar-refractivity contribution in [3.63, 3.8) is 0 Å². The van der Waals surface area contributed by atoms with Crippen LogP contribution in [0.5, 0.6) is 11.5 Å². The van der Waals surface area contributed by atoms with Crippen LogP contribution in [0.1, 0.15) is 16.1 Å². The molecule has 2 aromatic rings. The molecule has 21 heavy (non-hydrogen) atoms. The van der Waals surface area contributed by atoms with E-state index < -0.39 is 0 Å². The van der Waals surface area contributed by atoms with E-state index in [1.165, 1.54) is 0 Å². The lowest BCUT2D eigenvalue weighted by Gasteiger charge is -2.21. The van der Waals surface area contributed by atoms with E-state index in [2.05, 4.69) is 5.10 Å². The molecule has 6 nitrogen and oxygen atoms in total. The summed E-state index contributed by atoms with van der Waals surface area (Å²) in [7, 11) is 3.63. The second kappa shape index (κ2) is 5.47. The van der Waals surface area contributed by atoms with Crippen LogP contribution in [0.25, 0.3) is 0 Å². The number of amides is 1. The van der Waals surface area contributed by atoms with Gasteiger partial charge in [-0.25, -0.2) is 0 Å². The molecular weight excluding hydrogens is 270 g/mol. The SMILES string of the molecule is CN(Cc1ccnn1C)C(=O)c1ccc2c(c1)OCCO2. The van der Waals surface area contributed by atoms with E-state index in [-0.39, 0.29) is 5.91 Å². The third-order valence-corrected chi connectivity index (χ3v) is 3.46. The molecule has 1 aliphatic rings. The number of nitrogens with zero attached hydrogens (tertiary/aromatic N) is 3. The number of hydrogen-bond acceptors (Lipinski definition) is 4. The quantitative estimate of drug-likeness (QED) is 0.857. The average Bonchev–Trinajstić information content (AvgIpc) is 2.91. The first kappa shape index (κ1) is 13.5. The van der Waals surface area contributed by atoms with Crippen LogP contribution >= 0.6 is 0 Å². The van der Waals surface area contributed by atoms with Gasteiger partial charge in [0.05, 0.1) is 12.2 Å². The highest BCUT2D eigenvalue weighted by Gasteiger charge is 2.18. The van der Waals surface area contributed by atoms with Crippen LogP contribution in [0, 0.1) is 0 Å². The monoisotopic (exact) mass is 287 g/mol. The summed E-state index contributed by atoms with van der Waals surface area (Å²) in [6, 6.07) is 7.17. The minimum Gasteiger partial charge on any atom is -0.486 e. The first-order chi connectivity index (χ1) is 10.1. The van der Waals surface area contributed by atoms with Gasteiger partial charge >= 0.3 is 0 Å². The highest BCUT2D eigenvalue weighted by Crippen LogP contribution is 2.31. The maximum atomic E-state index is 12.5. The van der Waals surface area contributed by atoms with Crippen LogP contribution in [0.3, 0.4) is 0 Å². The number of hydrogen-bond donors (Lipinski definition) is 0. The molecule has 1 aromatic carbocycles. The molecule has 1 amide bonds. The normalized spacial score (nSPS) is 13.0. The van der Waals surface area contributed by atoms with Crippen LogP contribution in [0.15, 0.2) is 30.5 Å². The van der Waals surface area contributed by atoms with Crippen LogP contribution in [-0.4, -0.2) is 40.8 Å². The predicted molar refractivity (Wildman–Crippen MR) is 76.4 cm³/mol. The minimum absolute atomic E-state index is 0.0619. The highest BCUT2D eigenvalue weighted by atomic mass is 16.6. The molecular formula is C15H17N3O3. The molecule has 0 atom stereocenters. The molecule has 3 rings (SSSR count). The van der Waals surface area contributed by atoms with Crippen molar-refractivity contribution in [2.45, 2.75) is 6.54 Å². The van der Waals surface area contributed by atoms with E-state index in [4.69, 9.17) is 9.47 Å². The predicted octanol–water partition coefficient (Wildman–Crippen LogP) is 1.46. The Bertz CT molecular complexity index is 666. The van der Waals surface area contributed by atoms with Crippen LogP contribution in [-0.2, 0) is 13.6 Å². The topological polar surface area (TPSA) is 56.6 Å². The molecule has 0 saturated heterocycles. The number of benzene rings is 1. The zero-order valence-corrected chi connectivity index (χ0v) is 12.1. The molecule has 2 heterocycles. The van der Waals surface area contributed by atoms with Crippen molar-refractivity contribution in [3.05, 3.63) is 41.7 Å². The third kappa shape index (κ3) is 2.69. The fourth-order valence-electron chi connectivity index (χ4n) is 2.27. The Hall–Kier alpha value is -2.50. The van der Waals surface area contributed by atoms with Crippen molar-refractivity contribution in [2.75, 3.05) is 20.3 Å². The van der Waals surface area contributed by atoms with E-state index in [0.717, 1.165) is 5.69 Å². The van der Waals surface area contributed by atoms with Crippen LogP contribution < -0.4 is 9.47 Å². The van der Waals surface area contributed by atoms with Gasteiger partial charge in [-0.15, -0.1) is 0 Å². The molecule has 0 saturated carbocycles. The van der Waals surface area contributed by atoms with Crippen molar-refractivity contribution in [1.29, 1.82) is 0 Å². The molecule has 0 spiro atoms. The molecule has 6 heteroatoms. The number of fused-ring (bicyclic) bond motifs is 1. The molecule has 1 aliphatic heterocycles. The molecule has 0 aliphatic carbocycles. The van der Waals surface area contributed by atoms with E-state index in [1.54, 1.807) is 41.0 Å². The molecule has 0 N–H and O–H groups in total. The second-order valence-corrected chi connectivity index (χ2v) is 4.97. The molecule has 110 valence electrons. The average molecular weight is 287 g/mol. The zero-order chi connectivity index (χ0) is 14.8. The van der Waals surface area contributed by atoms with Crippen molar-refractivity contribution < 1.29 is 14.3 Å². The highest BCUT2D eigenvalue weighted by molar-refractivity contribution is 5.94. The van der Waals surface area contributed by atoms with Crippen molar-refractivity contribution in [1.82, 2.24) is 14.7 Å². The van der Waals surface area contributed by atoms with E-state index >= 15 is 0 Å². The van der Waals surface area contributed by atoms with Crippen molar-refractivity contribution >= 4 is 5.91 Å². The van der Waals surface area contributed by atoms with Gasteiger partial charge in [0.25, 0.3) is 5.91 Å². The Kier molecular flexibility index (Phi) is 3.51. The van der Waals surface area contributed by atoms with E-state index in [9.17, 15) is 4.79 Å². The summed E-state index contributed by atoms with van der Waals surface area (Å²) in [5.41, 5.74) is 1.56. The summed E-state index contributed by atoms with van der Waals surface area (Å²) in [6.07, 6.45) is 1.72. The third-order valence-electron chi connectivity index (χ3n) is 3.46. The lowest BCUT2D eigenvalue weighted by molar-refractivity contribution is 0.0781. The Morgan fingerprint density at radius 2 is 2.05 bits per heavy atom. The fraction of sp³-hybridized carbons (Fsp3) is 0.333. The smallest absolute Gasteiger partial charge is 0.254 e. The van der Waals surface area contributed by atoms with Gasteiger partial charge < -0.3 is 14.4 Å². The number of aryl methyl sites for hydroxylation is 1. The van der Waals surface area contributed by atoms with E-state index in [0.29, 0.717) is 36.8 Å². The Labute approximate surface area is 122 Å². The number of rotatable bonds is 3. The summed E-state index contributed by atoms with van der Waals surface area (Å²) in [5.74, 6) is 1.25. The van der Waals surface area contributed by atoms with Crippen molar-refractivity contribution in [2.24, 2.45) is 7.05 Å². The van der Waals surface area contributed by atoms with Crippen molar-refractivity contribution in [3.8, 4) is 11.5 Å². The lowest BCUT2D eigenvalue weighted by Crippen LogP contribution is -2.27. The largest absolute Gasteiger partial charge is 0.486 e. The van der Waals surface area contributed by atoms with Gasteiger partial charge in [-0.2, -0.15) is 5.10 Å². The van der Waals surface area contributed by atoms with E-state index in [1.807, 2.05) is 13.1 Å². The van der Waals surface area contributed by atoms with Gasteiger partial charge in [-0.3, -0.25) is 9.48 Å². The zero-order valence-electron chi connectivity index (χ0n) is 12.1. The van der Waals surface area contributed by atoms with Gasteiger partial charge in [-0.05, 0) is 24.3 Å². The standard InChI is InChI=1S/C15H17N3O3/c1-17(10-12-5-6-16-18(12)2)15(19)11-3-4-13-14(9-11)21-8-7-20-13/h3-6,9H,7-8,10H2,1-2H3. The second-order valence-electron chi connectivity index (χ2n) is 4.97. The van der Waals surface area contributed by atoms with Gasteiger partial charge in [-0.1, -0.05) is 0 Å². The molecule has 0 unspecified atom stereocenters. The summed E-state index contributed by atoms with van der Waals surface area (Å²) < 4.78 is 12.7. The number of carbonyl (C=O) groups excluding carboxylic acids is 1. The molecule has 0 bridgehead atoms. The Balaban J connectivity index is 1.76. The fourth-order valence-corrected chi connectivity index (χ4v) is 2.27. The first-order valence-electron chi connectivity index (χ1n) is 6.77. The summed E-state index contributed by atoms with van der Waals surface area (Å²) in [5, 5.41) is 4.10. The number of aromatic nitrogens is 2. The maximum absolute atomic E-state index is 12.5. The molecule has 0 fully saturated rings. The Morgan fingerprint density at radius 1 is 1.29 bits per heavy atom. The molecule has 1 aromatic heterocycles. The van der Waals surface area contributed by atoms with Gasteiger partial charge in [0, 0.05) is 25.9 Å².